The second-order valence-electron chi connectivity index (χ2n) is 6.23. The van der Waals surface area contributed by atoms with Gasteiger partial charge in [0.25, 0.3) is 5.56 Å². The van der Waals surface area contributed by atoms with Crippen LogP contribution in [-0.4, -0.2) is 19.1 Å². The van der Waals surface area contributed by atoms with Gasteiger partial charge in [0.15, 0.2) is 0 Å². The molecule has 0 aromatic carbocycles. The van der Waals surface area contributed by atoms with Crippen LogP contribution in [0.3, 0.4) is 0 Å². The van der Waals surface area contributed by atoms with E-state index in [2.05, 4.69) is 21.9 Å². The van der Waals surface area contributed by atoms with Gasteiger partial charge < -0.3 is 9.97 Å². The number of aryl methyl sites for hydroxylation is 2. The van der Waals surface area contributed by atoms with E-state index in [1.165, 1.54) is 9.13 Å². The van der Waals surface area contributed by atoms with Crippen molar-refractivity contribution in [1.29, 1.82) is 0 Å². The standard InChI is InChI=1S/C18H22ClN5O2.Na/c1-2-3-4-10-23-15-14(21-17(19)22-15)16(25)24(18(23)26)11-6-8-13-7-5-9-20-12-13;/h5,7,9,12H,2-4,6,8,10-11H2,1H3,(H,21,22,25);/q;+1/p-1. The summed E-state index contributed by atoms with van der Waals surface area (Å²) in [5.41, 5.74) is 0.738. The first-order chi connectivity index (χ1) is 12.6. The zero-order chi connectivity index (χ0) is 18.5. The van der Waals surface area contributed by atoms with E-state index in [0.29, 0.717) is 19.5 Å². The molecule has 3 aromatic rings. The topological polar surface area (TPSA) is 83.9 Å². The van der Waals surface area contributed by atoms with Gasteiger partial charge in [0.1, 0.15) is 0 Å². The predicted molar refractivity (Wildman–Crippen MR) is 101 cm³/mol. The van der Waals surface area contributed by atoms with Crippen molar-refractivity contribution in [2.75, 3.05) is 0 Å². The Bertz CT molecular complexity index is 997. The number of aromatic nitrogens is 5. The largest absolute Gasteiger partial charge is 1.00 e. The van der Waals surface area contributed by atoms with E-state index >= 15 is 0 Å². The van der Waals surface area contributed by atoms with Gasteiger partial charge in [-0.05, 0) is 30.9 Å². The molecule has 3 rings (SSSR count). The van der Waals surface area contributed by atoms with Crippen molar-refractivity contribution in [3.8, 4) is 0 Å². The number of unbranched alkanes of at least 4 members (excludes halogenated alkanes) is 2. The average molecular weight is 398 g/mol. The van der Waals surface area contributed by atoms with Crippen molar-refractivity contribution >= 4 is 22.8 Å². The maximum absolute atomic E-state index is 12.9. The van der Waals surface area contributed by atoms with E-state index < -0.39 is 5.56 Å². The van der Waals surface area contributed by atoms with E-state index in [9.17, 15) is 9.59 Å². The molecule has 0 spiro atoms. The second kappa shape index (κ2) is 10.2. The number of fused-ring (bicyclic) bond motifs is 1. The number of imidazole rings is 1. The van der Waals surface area contributed by atoms with E-state index in [0.717, 1.165) is 31.2 Å². The maximum atomic E-state index is 12.9. The SMILES string of the molecule is CCCCCn1c(=O)n(CCCc2cccnc2)c(=O)c2[n-]c(Cl)nc21.[Na+]. The number of halogens is 1. The molecular weight excluding hydrogens is 377 g/mol. The molecule has 0 atom stereocenters. The van der Waals surface area contributed by atoms with Crippen LogP contribution in [0.25, 0.3) is 11.2 Å². The fourth-order valence-corrected chi connectivity index (χ4v) is 3.16. The van der Waals surface area contributed by atoms with Crippen molar-refractivity contribution in [2.24, 2.45) is 0 Å². The van der Waals surface area contributed by atoms with E-state index in [4.69, 9.17) is 11.6 Å². The van der Waals surface area contributed by atoms with Crippen LogP contribution in [0.4, 0.5) is 0 Å². The molecular formula is C18H21ClN5NaO2. The molecule has 3 aromatic heterocycles. The van der Waals surface area contributed by atoms with Crippen LogP contribution >= 0.6 is 11.6 Å². The molecule has 0 unspecified atom stereocenters. The minimum atomic E-state index is -0.428. The number of rotatable bonds is 8. The summed E-state index contributed by atoms with van der Waals surface area (Å²) in [6, 6.07) is 3.85. The van der Waals surface area contributed by atoms with Crippen LogP contribution in [0.1, 0.15) is 38.2 Å². The van der Waals surface area contributed by atoms with Crippen molar-refractivity contribution in [2.45, 2.75) is 52.1 Å². The van der Waals surface area contributed by atoms with Crippen LogP contribution in [0.5, 0.6) is 0 Å². The van der Waals surface area contributed by atoms with Gasteiger partial charge in [-0.1, -0.05) is 37.4 Å². The molecule has 0 saturated carbocycles. The summed E-state index contributed by atoms with van der Waals surface area (Å²) >= 11 is 5.88. The second-order valence-corrected chi connectivity index (χ2v) is 6.57. The summed E-state index contributed by atoms with van der Waals surface area (Å²) < 4.78 is 2.77. The summed E-state index contributed by atoms with van der Waals surface area (Å²) in [6.07, 6.45) is 7.77. The van der Waals surface area contributed by atoms with Gasteiger partial charge in [-0.15, -0.1) is 0 Å². The molecule has 3 heterocycles. The zero-order valence-corrected chi connectivity index (χ0v) is 18.4. The molecule has 7 nitrogen and oxygen atoms in total. The Hall–Kier alpha value is -1.41. The van der Waals surface area contributed by atoms with Crippen molar-refractivity contribution < 1.29 is 29.6 Å². The Morgan fingerprint density at radius 2 is 1.93 bits per heavy atom. The van der Waals surface area contributed by atoms with E-state index in [-0.39, 0.29) is 51.7 Å². The van der Waals surface area contributed by atoms with Gasteiger partial charge in [-0.2, -0.15) is 0 Å². The Morgan fingerprint density at radius 1 is 1.15 bits per heavy atom. The first-order valence-electron chi connectivity index (χ1n) is 8.84. The Balaban J connectivity index is 0.00000261. The van der Waals surface area contributed by atoms with Crippen LogP contribution in [0.2, 0.25) is 5.28 Å². The van der Waals surface area contributed by atoms with Gasteiger partial charge in [0.05, 0.1) is 0 Å². The smallest absolute Gasteiger partial charge is 0.420 e. The minimum absolute atomic E-state index is 0. The van der Waals surface area contributed by atoms with Gasteiger partial charge in [-0.3, -0.25) is 18.9 Å². The molecule has 0 radical (unpaired) electrons. The summed E-state index contributed by atoms with van der Waals surface area (Å²) in [5, 5.41) is -0.00569. The van der Waals surface area contributed by atoms with E-state index in [1.54, 1.807) is 12.4 Å². The third-order valence-electron chi connectivity index (χ3n) is 4.33. The summed E-state index contributed by atoms with van der Waals surface area (Å²) in [6.45, 7) is 2.92. The monoisotopic (exact) mass is 397 g/mol. The molecule has 0 aliphatic rings. The number of pyridine rings is 1. The first-order valence-corrected chi connectivity index (χ1v) is 9.22. The molecule has 0 bridgehead atoms. The Labute approximate surface area is 184 Å². The minimum Gasteiger partial charge on any atom is -0.420 e. The van der Waals surface area contributed by atoms with Gasteiger partial charge in [0, 0.05) is 41.9 Å². The number of hydrogen-bond acceptors (Lipinski definition) is 4. The summed E-state index contributed by atoms with van der Waals surface area (Å²) in [4.78, 5) is 37.7. The van der Waals surface area contributed by atoms with Crippen molar-refractivity contribution in [1.82, 2.24) is 24.1 Å². The molecule has 0 amide bonds. The predicted octanol–water partition coefficient (Wildman–Crippen LogP) is -0.609. The fourth-order valence-electron chi connectivity index (χ4n) is 3.00. The van der Waals surface area contributed by atoms with Gasteiger partial charge in [0.2, 0.25) is 0 Å². The molecule has 0 aliphatic carbocycles. The van der Waals surface area contributed by atoms with Gasteiger partial charge in [-0.25, -0.2) is 4.79 Å². The van der Waals surface area contributed by atoms with Gasteiger partial charge >= 0.3 is 35.2 Å². The van der Waals surface area contributed by atoms with E-state index in [1.807, 2.05) is 12.1 Å². The molecule has 27 heavy (non-hydrogen) atoms. The maximum Gasteiger partial charge on any atom is 1.00 e. The molecule has 0 N–H and O–H groups in total. The normalized spacial score (nSPS) is 10.9. The number of hydrogen-bond donors (Lipinski definition) is 0. The summed E-state index contributed by atoms with van der Waals surface area (Å²) in [5.74, 6) is 0. The van der Waals surface area contributed by atoms with Crippen molar-refractivity contribution in [3.63, 3.8) is 0 Å². The van der Waals surface area contributed by atoms with Crippen LogP contribution in [0, 0.1) is 0 Å². The quantitative estimate of drug-likeness (QED) is 0.288. The Morgan fingerprint density at radius 3 is 2.63 bits per heavy atom. The van der Waals surface area contributed by atoms with Crippen molar-refractivity contribution in [3.05, 3.63) is 56.2 Å². The molecule has 9 heteroatoms. The Kier molecular flexibility index (Phi) is 8.28. The first kappa shape index (κ1) is 21.9. The third-order valence-corrected chi connectivity index (χ3v) is 4.50. The average Bonchev–Trinajstić information content (AvgIpc) is 3.03. The third kappa shape index (κ3) is 5.10. The van der Waals surface area contributed by atoms with Crippen LogP contribution in [-0.2, 0) is 19.5 Å². The number of nitrogens with zero attached hydrogens (tertiary/aromatic N) is 5. The molecule has 138 valence electrons. The van der Waals surface area contributed by atoms with Crippen LogP contribution < -0.4 is 45.8 Å². The molecule has 0 saturated heterocycles. The molecule has 0 aliphatic heterocycles. The fraction of sp³-hybridized carbons (Fsp3) is 0.444. The molecule has 0 fully saturated rings. The zero-order valence-electron chi connectivity index (χ0n) is 15.7. The van der Waals surface area contributed by atoms with Crippen LogP contribution in [0.15, 0.2) is 34.1 Å². The summed E-state index contributed by atoms with van der Waals surface area (Å²) in [7, 11) is 0.